The molecule has 2 aromatic rings. The third kappa shape index (κ3) is 5.70. The second-order valence-electron chi connectivity index (χ2n) is 7.27. The van der Waals surface area contributed by atoms with Crippen LogP contribution in [0.5, 0.6) is 5.75 Å². The van der Waals surface area contributed by atoms with Crippen LogP contribution in [0.15, 0.2) is 60.7 Å². The van der Waals surface area contributed by atoms with Gasteiger partial charge in [-0.05, 0) is 31.0 Å². The molecule has 3 rings (SSSR count). The average molecular weight is 379 g/mol. The van der Waals surface area contributed by atoms with E-state index < -0.39 is 6.10 Å². The van der Waals surface area contributed by atoms with Crippen molar-refractivity contribution in [2.45, 2.75) is 26.4 Å². The Morgan fingerprint density at radius 1 is 1.04 bits per heavy atom. The molecule has 1 saturated heterocycles. The third-order valence-corrected chi connectivity index (χ3v) is 5.10. The van der Waals surface area contributed by atoms with Crippen LogP contribution >= 0.6 is 0 Å². The summed E-state index contributed by atoms with van der Waals surface area (Å²) in [6.07, 6.45) is 4.61. The van der Waals surface area contributed by atoms with Gasteiger partial charge in [0, 0.05) is 32.7 Å². The topological polar surface area (TPSA) is 32.8 Å². The van der Waals surface area contributed by atoms with Gasteiger partial charge >= 0.3 is 0 Å². The van der Waals surface area contributed by atoms with Crippen molar-refractivity contribution in [2.75, 3.05) is 32.7 Å². The zero-order chi connectivity index (χ0) is 19.8. The number of carbonyl (C=O) groups is 1. The molecule has 4 heteroatoms. The first-order valence-electron chi connectivity index (χ1n) is 10.1. The van der Waals surface area contributed by atoms with Gasteiger partial charge in [-0.15, -0.1) is 0 Å². The van der Waals surface area contributed by atoms with E-state index in [2.05, 4.69) is 29.2 Å². The maximum atomic E-state index is 12.9. The molecular weight excluding hydrogens is 348 g/mol. The lowest BCUT2D eigenvalue weighted by atomic mass is 10.2. The summed E-state index contributed by atoms with van der Waals surface area (Å²) in [5.41, 5.74) is 2.40. The number of ether oxygens (including phenoxy) is 1. The lowest BCUT2D eigenvalue weighted by Gasteiger charge is -2.35. The SMILES string of the molecule is CC[C@@H](Oc1ccc(C)cc1)C(=O)N1CCN(C/C=C/c2ccccc2)CC1. The molecule has 1 amide bonds. The van der Waals surface area contributed by atoms with Crippen LogP contribution in [0.4, 0.5) is 0 Å². The Kier molecular flexibility index (Phi) is 7.26. The lowest BCUT2D eigenvalue weighted by molar-refractivity contribution is -0.140. The molecule has 1 aliphatic heterocycles. The minimum Gasteiger partial charge on any atom is -0.481 e. The monoisotopic (exact) mass is 378 g/mol. The first-order chi connectivity index (χ1) is 13.7. The minimum atomic E-state index is -0.410. The first-order valence-corrected chi connectivity index (χ1v) is 10.1. The summed E-state index contributed by atoms with van der Waals surface area (Å²) in [6.45, 7) is 8.26. The van der Waals surface area contributed by atoms with Crippen molar-refractivity contribution >= 4 is 12.0 Å². The van der Waals surface area contributed by atoms with Crippen molar-refractivity contribution in [3.8, 4) is 5.75 Å². The van der Waals surface area contributed by atoms with E-state index in [1.807, 2.05) is 61.2 Å². The highest BCUT2D eigenvalue weighted by Gasteiger charge is 2.27. The summed E-state index contributed by atoms with van der Waals surface area (Å²) >= 11 is 0. The van der Waals surface area contributed by atoms with Crippen LogP contribution in [-0.2, 0) is 4.79 Å². The van der Waals surface area contributed by atoms with Crippen LogP contribution in [0.25, 0.3) is 6.08 Å². The van der Waals surface area contributed by atoms with Crippen LogP contribution in [-0.4, -0.2) is 54.5 Å². The Morgan fingerprint density at radius 3 is 2.36 bits per heavy atom. The van der Waals surface area contributed by atoms with Crippen molar-refractivity contribution in [3.63, 3.8) is 0 Å². The lowest BCUT2D eigenvalue weighted by Crippen LogP contribution is -2.52. The standard InChI is InChI=1S/C24H30N2O2/c1-3-23(28-22-13-11-20(2)12-14-22)24(27)26-18-16-25(17-19-26)15-7-10-21-8-5-4-6-9-21/h4-14,23H,3,15-19H2,1-2H3/b10-7+/t23-/m1/s1. The predicted octanol–water partition coefficient (Wildman–Crippen LogP) is 4.01. The molecule has 0 N–H and O–H groups in total. The molecule has 1 aliphatic rings. The highest BCUT2D eigenvalue weighted by Crippen LogP contribution is 2.16. The number of amides is 1. The van der Waals surface area contributed by atoms with Gasteiger partial charge in [-0.1, -0.05) is 67.1 Å². The van der Waals surface area contributed by atoms with Gasteiger partial charge in [0.25, 0.3) is 5.91 Å². The van der Waals surface area contributed by atoms with Gasteiger partial charge < -0.3 is 9.64 Å². The quantitative estimate of drug-likeness (QED) is 0.730. The predicted molar refractivity (Wildman–Crippen MR) is 114 cm³/mol. The summed E-state index contributed by atoms with van der Waals surface area (Å²) < 4.78 is 5.96. The minimum absolute atomic E-state index is 0.0996. The molecule has 28 heavy (non-hydrogen) atoms. The summed E-state index contributed by atoms with van der Waals surface area (Å²) in [5, 5.41) is 0. The van der Waals surface area contributed by atoms with Gasteiger partial charge in [0.2, 0.25) is 0 Å². The molecule has 2 aromatic carbocycles. The van der Waals surface area contributed by atoms with Crippen molar-refractivity contribution in [2.24, 2.45) is 0 Å². The Bertz CT molecular complexity index is 763. The van der Waals surface area contributed by atoms with Crippen molar-refractivity contribution in [3.05, 3.63) is 71.8 Å². The summed E-state index contributed by atoms with van der Waals surface area (Å²) in [6, 6.07) is 18.2. The van der Waals surface area contributed by atoms with Gasteiger partial charge in [0.1, 0.15) is 5.75 Å². The highest BCUT2D eigenvalue weighted by molar-refractivity contribution is 5.81. The third-order valence-electron chi connectivity index (χ3n) is 5.10. The Morgan fingerprint density at radius 2 is 1.71 bits per heavy atom. The van der Waals surface area contributed by atoms with E-state index in [9.17, 15) is 4.79 Å². The van der Waals surface area contributed by atoms with Gasteiger partial charge in [0.05, 0.1) is 0 Å². The Labute approximate surface area is 168 Å². The fraction of sp³-hybridized carbons (Fsp3) is 0.375. The summed E-state index contributed by atoms with van der Waals surface area (Å²) in [7, 11) is 0. The van der Waals surface area contributed by atoms with E-state index in [4.69, 9.17) is 4.74 Å². The number of hydrogen-bond acceptors (Lipinski definition) is 3. The Balaban J connectivity index is 1.47. The molecule has 0 spiro atoms. The number of rotatable bonds is 7. The zero-order valence-electron chi connectivity index (χ0n) is 16.9. The van der Waals surface area contributed by atoms with Gasteiger partial charge in [-0.3, -0.25) is 9.69 Å². The molecule has 0 unspecified atom stereocenters. The van der Waals surface area contributed by atoms with E-state index in [0.29, 0.717) is 6.42 Å². The van der Waals surface area contributed by atoms with E-state index in [-0.39, 0.29) is 5.91 Å². The van der Waals surface area contributed by atoms with Crippen molar-refractivity contribution < 1.29 is 9.53 Å². The number of nitrogens with zero attached hydrogens (tertiary/aromatic N) is 2. The number of piperazine rings is 1. The van der Waals surface area contributed by atoms with E-state index in [0.717, 1.165) is 38.5 Å². The number of hydrogen-bond donors (Lipinski definition) is 0. The first kappa shape index (κ1) is 20.2. The molecular formula is C24H30N2O2. The van der Waals surface area contributed by atoms with Crippen LogP contribution in [0.3, 0.4) is 0 Å². The number of aryl methyl sites for hydroxylation is 1. The molecule has 0 aromatic heterocycles. The van der Waals surface area contributed by atoms with Gasteiger partial charge in [-0.2, -0.15) is 0 Å². The molecule has 1 atom stereocenters. The number of benzene rings is 2. The maximum absolute atomic E-state index is 12.9. The fourth-order valence-electron chi connectivity index (χ4n) is 3.35. The molecule has 0 saturated carbocycles. The molecule has 148 valence electrons. The largest absolute Gasteiger partial charge is 0.481 e. The maximum Gasteiger partial charge on any atom is 0.263 e. The summed E-state index contributed by atoms with van der Waals surface area (Å²) in [4.78, 5) is 17.2. The van der Waals surface area contributed by atoms with Crippen LogP contribution in [0, 0.1) is 6.92 Å². The van der Waals surface area contributed by atoms with Gasteiger partial charge in [-0.25, -0.2) is 0 Å². The molecule has 0 bridgehead atoms. The molecule has 0 radical (unpaired) electrons. The van der Waals surface area contributed by atoms with Gasteiger partial charge in [0.15, 0.2) is 6.10 Å². The smallest absolute Gasteiger partial charge is 0.263 e. The normalized spacial score (nSPS) is 16.3. The van der Waals surface area contributed by atoms with E-state index in [1.54, 1.807) is 0 Å². The zero-order valence-corrected chi connectivity index (χ0v) is 16.9. The fourth-order valence-corrected chi connectivity index (χ4v) is 3.35. The highest BCUT2D eigenvalue weighted by atomic mass is 16.5. The van der Waals surface area contributed by atoms with Crippen molar-refractivity contribution in [1.29, 1.82) is 0 Å². The second kappa shape index (κ2) is 10.1. The molecule has 0 aliphatic carbocycles. The molecule has 1 fully saturated rings. The summed E-state index contributed by atoms with van der Waals surface area (Å²) in [5.74, 6) is 0.859. The van der Waals surface area contributed by atoms with Crippen molar-refractivity contribution in [1.82, 2.24) is 9.80 Å². The second-order valence-corrected chi connectivity index (χ2v) is 7.27. The van der Waals surface area contributed by atoms with Crippen LogP contribution in [0.1, 0.15) is 24.5 Å². The molecule has 1 heterocycles. The number of carbonyl (C=O) groups excluding carboxylic acids is 1. The van der Waals surface area contributed by atoms with Crippen LogP contribution < -0.4 is 4.74 Å². The van der Waals surface area contributed by atoms with E-state index >= 15 is 0 Å². The Hall–Kier alpha value is -2.59. The molecule has 4 nitrogen and oxygen atoms in total. The van der Waals surface area contributed by atoms with Crippen LogP contribution in [0.2, 0.25) is 0 Å². The average Bonchev–Trinajstić information content (AvgIpc) is 2.74. The van der Waals surface area contributed by atoms with E-state index in [1.165, 1.54) is 11.1 Å².